The molecule has 1 aromatic heterocycles. The predicted molar refractivity (Wildman–Crippen MR) is 73.1 cm³/mol. The molecule has 0 aliphatic rings. The van der Waals surface area contributed by atoms with Gasteiger partial charge in [-0.1, -0.05) is 25.9 Å². The van der Waals surface area contributed by atoms with Crippen LogP contribution in [0.1, 0.15) is 31.3 Å². The molecule has 1 heterocycles. The summed E-state index contributed by atoms with van der Waals surface area (Å²) in [4.78, 5) is 27.2. The van der Waals surface area contributed by atoms with Crippen molar-refractivity contribution in [2.45, 2.75) is 20.8 Å². The number of nitrogens with zero attached hydrogens (tertiary/aromatic N) is 3. The molecule has 0 saturated heterocycles. The monoisotopic (exact) mass is 330 g/mol. The number of amides is 1. The fourth-order valence-corrected chi connectivity index (χ4v) is 1.45. The number of hydrogen-bond acceptors (Lipinski definition) is 5. The number of aromatic nitrogens is 2. The lowest BCUT2D eigenvalue weighted by Gasteiger charge is -2.15. The van der Waals surface area contributed by atoms with Crippen LogP contribution in [0, 0.1) is 5.41 Å². The third-order valence-electron chi connectivity index (χ3n) is 2.06. The maximum Gasteiger partial charge on any atom is 0.433 e. The summed E-state index contributed by atoms with van der Waals surface area (Å²) in [6.45, 7) is 5.40. The van der Waals surface area contributed by atoms with E-state index in [9.17, 15) is 9.59 Å². The lowest BCUT2D eigenvalue weighted by molar-refractivity contribution is 0.0748. The minimum atomic E-state index is -0.683. The van der Waals surface area contributed by atoms with Gasteiger partial charge in [0.05, 0.1) is 10.7 Å². The van der Waals surface area contributed by atoms with Crippen LogP contribution >= 0.6 is 15.9 Å². The van der Waals surface area contributed by atoms with Gasteiger partial charge in [0.1, 0.15) is 5.69 Å². The third-order valence-corrected chi connectivity index (χ3v) is 2.67. The maximum absolute atomic E-state index is 12.0. The van der Waals surface area contributed by atoms with E-state index in [1.54, 1.807) is 20.8 Å². The normalized spacial score (nSPS) is 11.6. The minimum Gasteiger partial charge on any atom is -0.323 e. The van der Waals surface area contributed by atoms with E-state index in [1.165, 1.54) is 24.1 Å². The number of carbonyl (C=O) groups is 2. The van der Waals surface area contributed by atoms with Crippen LogP contribution in [0.4, 0.5) is 4.79 Å². The second kappa shape index (κ2) is 5.96. The third kappa shape index (κ3) is 4.16. The molecule has 0 radical (unpaired) electrons. The summed E-state index contributed by atoms with van der Waals surface area (Å²) in [5.41, 5.74) is -0.153. The molecule has 1 N–H and O–H groups in total. The summed E-state index contributed by atoms with van der Waals surface area (Å²) in [6.07, 6.45) is 2.10. The largest absolute Gasteiger partial charge is 0.433 e. The Bertz CT molecular complexity index is 517. The molecule has 1 amide bonds. The summed E-state index contributed by atoms with van der Waals surface area (Å²) in [5.74, 6) is -0.153. The molecule has 0 bridgehead atoms. The van der Waals surface area contributed by atoms with Crippen LogP contribution in [0.3, 0.4) is 0 Å². The lowest BCUT2D eigenvalue weighted by atomic mass is 9.96. The summed E-state index contributed by atoms with van der Waals surface area (Å²) in [6, 6.07) is 0. The molecule has 0 fully saturated rings. The summed E-state index contributed by atoms with van der Waals surface area (Å²) in [5, 5.41) is 9.75. The van der Waals surface area contributed by atoms with Crippen molar-refractivity contribution in [2.24, 2.45) is 10.6 Å². The van der Waals surface area contributed by atoms with Crippen molar-refractivity contribution >= 4 is 34.1 Å². The first-order valence-electron chi connectivity index (χ1n) is 5.47. The number of nitrogens with one attached hydrogen (secondary N) is 1. The van der Waals surface area contributed by atoms with Crippen LogP contribution in [0.15, 0.2) is 15.8 Å². The van der Waals surface area contributed by atoms with Gasteiger partial charge in [0.15, 0.2) is 0 Å². The number of halogens is 1. The van der Waals surface area contributed by atoms with Gasteiger partial charge in [-0.3, -0.25) is 9.63 Å². The van der Waals surface area contributed by atoms with Gasteiger partial charge in [0.2, 0.25) is 0 Å². The Hall–Kier alpha value is -1.70. The average Bonchev–Trinajstić information content (AvgIpc) is 2.68. The van der Waals surface area contributed by atoms with E-state index in [4.69, 9.17) is 0 Å². The molecular formula is C11H15BrN4O3. The Labute approximate surface area is 119 Å². The zero-order chi connectivity index (χ0) is 14.6. The van der Waals surface area contributed by atoms with Crippen LogP contribution < -0.4 is 5.32 Å². The molecule has 1 rings (SSSR count). The van der Waals surface area contributed by atoms with Crippen LogP contribution in [0.2, 0.25) is 0 Å². The molecule has 0 unspecified atom stereocenters. The topological polar surface area (TPSA) is 85.6 Å². The highest BCUT2D eigenvalue weighted by Crippen LogP contribution is 2.19. The van der Waals surface area contributed by atoms with Crippen LogP contribution in [0.25, 0.3) is 0 Å². The first-order valence-corrected chi connectivity index (χ1v) is 6.27. The van der Waals surface area contributed by atoms with E-state index >= 15 is 0 Å². The van der Waals surface area contributed by atoms with E-state index in [1.807, 2.05) is 0 Å². The quantitative estimate of drug-likeness (QED) is 0.510. The lowest BCUT2D eigenvalue weighted by Crippen LogP contribution is -2.27. The van der Waals surface area contributed by atoms with E-state index in [2.05, 4.69) is 36.3 Å². The smallest absolute Gasteiger partial charge is 0.323 e. The highest BCUT2D eigenvalue weighted by Gasteiger charge is 2.24. The Kier molecular flexibility index (Phi) is 4.82. The second-order valence-electron chi connectivity index (χ2n) is 4.73. The van der Waals surface area contributed by atoms with Gasteiger partial charge in [-0.25, -0.2) is 9.48 Å². The Morgan fingerprint density at radius 3 is 2.68 bits per heavy atom. The van der Waals surface area contributed by atoms with Crippen LogP contribution in [-0.4, -0.2) is 35.0 Å². The van der Waals surface area contributed by atoms with Gasteiger partial charge < -0.3 is 5.32 Å². The van der Waals surface area contributed by atoms with Crippen molar-refractivity contribution in [1.82, 2.24) is 15.1 Å². The first-order chi connectivity index (χ1) is 8.75. The Balaban J connectivity index is 2.86. The molecule has 0 spiro atoms. The average molecular weight is 331 g/mol. The van der Waals surface area contributed by atoms with Gasteiger partial charge in [0.25, 0.3) is 5.91 Å². The van der Waals surface area contributed by atoms with E-state index in [0.717, 1.165) is 0 Å². The summed E-state index contributed by atoms with van der Waals surface area (Å²) in [7, 11) is 1.42. The van der Waals surface area contributed by atoms with Crippen molar-refractivity contribution in [1.29, 1.82) is 0 Å². The summed E-state index contributed by atoms with van der Waals surface area (Å²) < 4.78 is 1.81. The fraction of sp³-hybridized carbons (Fsp3) is 0.455. The van der Waals surface area contributed by atoms with Crippen molar-refractivity contribution < 1.29 is 14.4 Å². The molecule has 0 aromatic carbocycles. The van der Waals surface area contributed by atoms with Gasteiger partial charge in [-0.2, -0.15) is 5.10 Å². The molecule has 1 aromatic rings. The van der Waals surface area contributed by atoms with Gasteiger partial charge in [0, 0.05) is 18.7 Å². The molecule has 7 nitrogen and oxygen atoms in total. The Morgan fingerprint density at radius 1 is 1.53 bits per heavy atom. The molecule has 0 saturated carbocycles. The van der Waals surface area contributed by atoms with Gasteiger partial charge in [-0.05, 0) is 15.9 Å². The first kappa shape index (κ1) is 15.4. The van der Waals surface area contributed by atoms with Gasteiger partial charge in [-0.15, -0.1) is 0 Å². The highest BCUT2D eigenvalue weighted by molar-refractivity contribution is 9.10. The minimum absolute atomic E-state index is 0.153. The predicted octanol–water partition coefficient (Wildman–Crippen LogP) is 2.02. The van der Waals surface area contributed by atoms with Crippen molar-refractivity contribution in [3.8, 4) is 0 Å². The van der Waals surface area contributed by atoms with Crippen molar-refractivity contribution in [3.05, 3.63) is 16.4 Å². The van der Waals surface area contributed by atoms with Crippen LogP contribution in [-0.2, 0) is 4.84 Å². The molecular weight excluding hydrogens is 316 g/mol. The SMILES string of the molecule is CNC(=O)O/N=C/c1nn(C(=O)C(C)(C)C)cc1Br. The van der Waals surface area contributed by atoms with E-state index < -0.39 is 11.5 Å². The highest BCUT2D eigenvalue weighted by atomic mass is 79.9. The Morgan fingerprint density at radius 2 is 2.16 bits per heavy atom. The second-order valence-corrected chi connectivity index (χ2v) is 5.58. The molecule has 0 atom stereocenters. The molecule has 19 heavy (non-hydrogen) atoms. The number of carbonyl (C=O) groups excluding carboxylic acids is 2. The number of hydrogen-bond donors (Lipinski definition) is 1. The van der Waals surface area contributed by atoms with Crippen LogP contribution in [0.5, 0.6) is 0 Å². The van der Waals surface area contributed by atoms with Crippen molar-refractivity contribution in [2.75, 3.05) is 7.05 Å². The number of oxime groups is 1. The molecule has 104 valence electrons. The molecule has 0 aliphatic carbocycles. The molecule has 8 heteroatoms. The molecule has 0 aliphatic heterocycles. The van der Waals surface area contributed by atoms with E-state index in [0.29, 0.717) is 10.2 Å². The fourth-order valence-electron chi connectivity index (χ4n) is 1.07. The maximum atomic E-state index is 12.0. The zero-order valence-electron chi connectivity index (χ0n) is 11.1. The van der Waals surface area contributed by atoms with Gasteiger partial charge >= 0.3 is 6.09 Å². The number of rotatable bonds is 2. The summed E-state index contributed by atoms with van der Waals surface area (Å²) >= 11 is 3.25. The zero-order valence-corrected chi connectivity index (χ0v) is 12.7. The standard InChI is InChI=1S/C11H15BrN4O3/c1-11(2,3)9(17)16-6-7(12)8(15-16)5-14-19-10(18)13-4/h5-6H,1-4H3,(H,13,18)/b14-5+. The van der Waals surface area contributed by atoms with E-state index in [-0.39, 0.29) is 5.91 Å². The van der Waals surface area contributed by atoms with Crippen molar-refractivity contribution in [3.63, 3.8) is 0 Å².